The van der Waals surface area contributed by atoms with Gasteiger partial charge in [-0.25, -0.2) is 17.2 Å². The van der Waals surface area contributed by atoms with Gasteiger partial charge in [0.25, 0.3) is 0 Å². The van der Waals surface area contributed by atoms with Crippen molar-refractivity contribution in [2.45, 2.75) is 124 Å². The minimum atomic E-state index is -2.92. The van der Waals surface area contributed by atoms with E-state index < -0.39 is 33.6 Å². The van der Waals surface area contributed by atoms with E-state index >= 15 is 0 Å². The number of benzene rings is 2. The van der Waals surface area contributed by atoms with Crippen molar-refractivity contribution in [3.05, 3.63) is 70.8 Å². The Morgan fingerprint density at radius 1 is 0.885 bits per heavy atom. The van der Waals surface area contributed by atoms with Crippen molar-refractivity contribution in [1.82, 2.24) is 4.90 Å². The van der Waals surface area contributed by atoms with Gasteiger partial charge in [0.15, 0.2) is 16.1 Å². The Labute approximate surface area is 312 Å². The van der Waals surface area contributed by atoms with E-state index in [1.54, 1.807) is 0 Å². The Hall–Kier alpha value is -3.59. The quantitative estimate of drug-likeness (QED) is 0.0654. The first-order chi connectivity index (χ1) is 24.8. The zero-order valence-corrected chi connectivity index (χ0v) is 33.5. The first-order valence-corrected chi connectivity index (χ1v) is 19.7. The first-order valence-electron chi connectivity index (χ1n) is 18.0. The number of aliphatic hydroxyl groups is 1. The lowest BCUT2D eigenvalue weighted by Crippen LogP contribution is -2.44. The lowest BCUT2D eigenvalue weighted by atomic mass is 10.0. The third kappa shape index (κ3) is 29.0. The van der Waals surface area contributed by atoms with Gasteiger partial charge in [-0.15, -0.1) is 0 Å². The van der Waals surface area contributed by atoms with Crippen LogP contribution in [0.15, 0.2) is 47.6 Å². The molecule has 2 atom stereocenters. The Kier molecular flexibility index (Phi) is 39.4. The highest BCUT2D eigenvalue weighted by Crippen LogP contribution is 2.15. The Balaban J connectivity index is -0.000000368. The summed E-state index contributed by atoms with van der Waals surface area (Å²) in [5.74, 6) is 3.24. The number of carbonyl (C=O) groups excluding carboxylic acids is 3. The van der Waals surface area contributed by atoms with Crippen LogP contribution in [0.2, 0.25) is 0 Å². The number of nitrogens with two attached hydrogens (primary N) is 3. The molecule has 300 valence electrons. The predicted molar refractivity (Wildman–Crippen MR) is 211 cm³/mol. The normalized spacial score (nSPS) is 11.3. The number of amides is 1. The summed E-state index contributed by atoms with van der Waals surface area (Å²) in [6.45, 7) is 16.5. The van der Waals surface area contributed by atoms with Crippen LogP contribution in [-0.4, -0.2) is 79.9 Å². The molecule has 0 aliphatic heterocycles. The summed E-state index contributed by atoms with van der Waals surface area (Å²) < 4.78 is 49.8. The number of aldehydes is 2. The summed E-state index contributed by atoms with van der Waals surface area (Å²) in [6.07, 6.45) is 7.05. The number of hydrogen-bond donors (Lipinski definition) is 4. The molecule has 0 saturated heterocycles. The number of aryl methyl sites for hydroxylation is 1. The fraction of sp³-hybridized carbons (Fsp3) is 0.579. The third-order valence-corrected chi connectivity index (χ3v) is 8.98. The maximum absolute atomic E-state index is 13.3. The molecular weight excluding hydrogens is 693 g/mol. The molecular formula is C38H67F2N5O6S. The Morgan fingerprint density at radius 3 is 1.79 bits per heavy atom. The van der Waals surface area contributed by atoms with Crippen molar-refractivity contribution in [3.63, 3.8) is 0 Å². The van der Waals surface area contributed by atoms with Gasteiger partial charge in [-0.1, -0.05) is 92.5 Å². The molecule has 52 heavy (non-hydrogen) atoms. The van der Waals surface area contributed by atoms with Crippen molar-refractivity contribution in [2.75, 3.05) is 18.8 Å². The second-order valence-corrected chi connectivity index (χ2v) is 13.2. The van der Waals surface area contributed by atoms with Gasteiger partial charge < -0.3 is 32.1 Å². The highest BCUT2D eigenvalue weighted by atomic mass is 32.2. The first kappa shape index (κ1) is 55.2. The minimum Gasteiger partial charge on any atom is -0.390 e. The van der Waals surface area contributed by atoms with Crippen LogP contribution in [0, 0.1) is 11.6 Å². The smallest absolute Gasteiger partial charge is 0.210 e. The van der Waals surface area contributed by atoms with E-state index in [0.717, 1.165) is 56.2 Å². The number of carbonyl (C=O) groups is 3. The van der Waals surface area contributed by atoms with E-state index in [9.17, 15) is 36.7 Å². The zero-order chi connectivity index (χ0) is 41.0. The largest absolute Gasteiger partial charge is 0.390 e. The van der Waals surface area contributed by atoms with Gasteiger partial charge in [0.05, 0.1) is 23.3 Å². The van der Waals surface area contributed by atoms with Crippen LogP contribution in [0.3, 0.4) is 0 Å². The fourth-order valence-corrected chi connectivity index (χ4v) is 6.20. The van der Waals surface area contributed by atoms with Crippen LogP contribution in [-0.2, 0) is 43.6 Å². The molecule has 0 radical (unpaired) electrons. The van der Waals surface area contributed by atoms with E-state index in [4.69, 9.17) is 11.5 Å². The molecule has 7 N–H and O–H groups in total. The lowest BCUT2D eigenvalue weighted by molar-refractivity contribution is -0.120. The molecule has 0 aliphatic carbocycles. The number of rotatable bonds is 18. The third-order valence-electron chi connectivity index (χ3n) is 6.69. The number of aliphatic hydroxyl groups excluding tert-OH is 1. The average molecular weight is 760 g/mol. The van der Waals surface area contributed by atoms with E-state index in [-0.39, 0.29) is 30.5 Å². The molecule has 11 nitrogen and oxygen atoms in total. The summed E-state index contributed by atoms with van der Waals surface area (Å²) >= 11 is 0. The van der Waals surface area contributed by atoms with Crippen molar-refractivity contribution < 1.29 is 36.7 Å². The molecule has 0 bridgehead atoms. The van der Waals surface area contributed by atoms with E-state index in [0.29, 0.717) is 31.2 Å². The van der Waals surface area contributed by atoms with Crippen molar-refractivity contribution in [1.29, 1.82) is 0 Å². The van der Waals surface area contributed by atoms with Crippen molar-refractivity contribution in [3.8, 4) is 0 Å². The molecule has 1 amide bonds. The van der Waals surface area contributed by atoms with Crippen LogP contribution in [0.25, 0.3) is 0 Å². The van der Waals surface area contributed by atoms with E-state index in [1.807, 2.05) is 72.7 Å². The maximum atomic E-state index is 13.3. The van der Waals surface area contributed by atoms with E-state index in [1.165, 1.54) is 22.6 Å². The van der Waals surface area contributed by atoms with Gasteiger partial charge in [-0.3, -0.25) is 9.59 Å². The number of hydrogen-bond acceptors (Lipinski definition) is 10. The number of halogens is 2. The Morgan fingerprint density at radius 2 is 1.40 bits per heavy atom. The van der Waals surface area contributed by atoms with Gasteiger partial charge >= 0.3 is 0 Å². The molecule has 0 aromatic heterocycles. The average Bonchev–Trinajstić information content (AvgIpc) is 3.13. The van der Waals surface area contributed by atoms with Crippen LogP contribution < -0.4 is 17.3 Å². The summed E-state index contributed by atoms with van der Waals surface area (Å²) in [7, 11) is -2.92. The minimum absolute atomic E-state index is 0.0405. The van der Waals surface area contributed by atoms with Crippen LogP contribution in [0.5, 0.6) is 0 Å². The topological polar surface area (TPSA) is 199 Å². The predicted octanol–water partition coefficient (Wildman–Crippen LogP) is 5.52. The van der Waals surface area contributed by atoms with E-state index in [2.05, 4.69) is 17.9 Å². The van der Waals surface area contributed by atoms with Crippen LogP contribution in [0.4, 0.5) is 8.78 Å². The van der Waals surface area contributed by atoms with Crippen molar-refractivity contribution >= 4 is 35.0 Å². The molecule has 0 spiro atoms. The van der Waals surface area contributed by atoms with Gasteiger partial charge in [-0.2, -0.15) is 5.10 Å². The maximum Gasteiger partial charge on any atom is 0.210 e. The summed E-state index contributed by atoms with van der Waals surface area (Å²) in [5.41, 5.74) is 13.7. The standard InChI is InChI=1S/C20H24F2N2O2.C9H21NO2S.C3H6O.C2H4N2O.2C2H6/c1-2-14-4-3-5-15(6-14)11-24(13-25)12-20(26)19(23)9-16-7-17(21)10-18(22)8-16;1-3-5-9(6-4-2)13(11,12)8-7-10;1-2-3-4;3-4-1-2-5;2*1-2/h3-8,10,13,19-20,26H,2,9,11-12,23H2,1H3;9H,3-8,10H2,1-2H3;3H,2H2,1H3;1-2H,3H2;2*1-2H3/b;;;4-1+;;/t19-,20+;;;;;/m0...../s1. The molecule has 0 aliphatic rings. The molecule has 2 rings (SSSR count). The molecule has 2 aromatic rings. The summed E-state index contributed by atoms with van der Waals surface area (Å²) in [6, 6.07) is 10.3. The molecule has 0 heterocycles. The van der Waals surface area contributed by atoms with Gasteiger partial charge in [0.1, 0.15) is 17.9 Å². The van der Waals surface area contributed by atoms with Gasteiger partial charge in [0, 0.05) is 38.2 Å². The Bertz CT molecular complexity index is 1280. The molecule has 2 aromatic carbocycles. The second-order valence-electron chi connectivity index (χ2n) is 10.8. The SMILES string of the molecule is CC.CC.CCC=O.CCCC(CCC)S(=O)(=O)CCN.CCc1cccc(CN(C=O)C[C@@H](O)[C@@H](N)Cc2cc(F)cc(F)c2)c1.N/N=C/C=O. The number of sulfone groups is 1. The van der Waals surface area contributed by atoms with Gasteiger partial charge in [-0.05, 0) is 54.5 Å². The molecule has 0 saturated carbocycles. The molecule has 14 heteroatoms. The van der Waals surface area contributed by atoms with Crippen LogP contribution >= 0.6 is 0 Å². The second kappa shape index (κ2) is 37.2. The number of hydrazone groups is 1. The summed E-state index contributed by atoms with van der Waals surface area (Å²) in [5, 5.41) is 13.0. The highest BCUT2D eigenvalue weighted by Gasteiger charge is 2.22. The lowest BCUT2D eigenvalue weighted by Gasteiger charge is -2.25. The summed E-state index contributed by atoms with van der Waals surface area (Å²) in [4.78, 5) is 31.1. The van der Waals surface area contributed by atoms with Crippen LogP contribution in [0.1, 0.15) is 104 Å². The highest BCUT2D eigenvalue weighted by molar-refractivity contribution is 7.92. The fourth-order valence-electron chi connectivity index (χ4n) is 4.35. The molecule has 0 unspecified atom stereocenters. The molecule has 0 fully saturated rings. The zero-order valence-electron chi connectivity index (χ0n) is 32.6. The van der Waals surface area contributed by atoms with Crippen molar-refractivity contribution in [2.24, 2.45) is 22.4 Å². The van der Waals surface area contributed by atoms with Gasteiger partial charge in [0.2, 0.25) is 6.41 Å². The monoisotopic (exact) mass is 759 g/mol. The number of nitrogens with zero attached hydrogens (tertiary/aromatic N) is 2.